The molecule has 0 aromatic heterocycles. The van der Waals surface area contributed by atoms with Crippen LogP contribution in [0.4, 0.5) is 0 Å². The first-order chi connectivity index (χ1) is 7.42. The molecule has 0 atom stereocenters. The summed E-state index contributed by atoms with van der Waals surface area (Å²) in [4.78, 5) is 10.1. The first kappa shape index (κ1) is 9.77. The molecule has 0 fully saturated rings. The van der Waals surface area contributed by atoms with Crippen LogP contribution in [-0.2, 0) is 4.79 Å². The average molecular weight is 203 g/mol. The molecule has 0 aliphatic carbocycles. The lowest BCUT2D eigenvalue weighted by Crippen LogP contribution is -2.15. The van der Waals surface area contributed by atoms with E-state index in [-0.39, 0.29) is 0 Å². The molecule has 0 N–H and O–H groups in total. The minimum atomic E-state index is 0.296. The molecule has 3 heteroatoms. The Morgan fingerprint density at radius 1 is 1.33 bits per heavy atom. The predicted octanol–water partition coefficient (Wildman–Crippen LogP) is 1.97. The average Bonchev–Trinajstić information content (AvgIpc) is 2.30. The monoisotopic (exact) mass is 203 g/mol. The summed E-state index contributed by atoms with van der Waals surface area (Å²) in [5.41, 5.74) is 0.933. The molecule has 1 aromatic rings. The quantitative estimate of drug-likeness (QED) is 0.753. The zero-order valence-electron chi connectivity index (χ0n) is 8.23. The van der Waals surface area contributed by atoms with Crippen LogP contribution in [0.3, 0.4) is 0 Å². The molecular formula is C12H11O3. The molecule has 0 saturated heterocycles. The van der Waals surface area contributed by atoms with Crippen LogP contribution in [0, 0.1) is 0 Å². The summed E-state index contributed by atoms with van der Waals surface area (Å²) in [6.45, 7) is 1.15. The summed E-state index contributed by atoms with van der Waals surface area (Å²) in [7, 11) is 0. The van der Waals surface area contributed by atoms with Crippen molar-refractivity contribution in [3.8, 4) is 11.5 Å². The summed E-state index contributed by atoms with van der Waals surface area (Å²) in [5, 5.41) is 0. The van der Waals surface area contributed by atoms with Gasteiger partial charge in [-0.05, 0) is 6.07 Å². The molecule has 0 amide bonds. The Morgan fingerprint density at radius 3 is 3.07 bits per heavy atom. The molecule has 15 heavy (non-hydrogen) atoms. The van der Waals surface area contributed by atoms with Crippen LogP contribution in [0.15, 0.2) is 24.3 Å². The van der Waals surface area contributed by atoms with Gasteiger partial charge in [0.15, 0.2) is 11.5 Å². The molecule has 2 rings (SSSR count). The van der Waals surface area contributed by atoms with Crippen molar-refractivity contribution in [3.63, 3.8) is 0 Å². The highest BCUT2D eigenvalue weighted by Crippen LogP contribution is 2.34. The number of hydrogen-bond donors (Lipinski definition) is 0. The van der Waals surface area contributed by atoms with Crippen LogP contribution in [0.2, 0.25) is 0 Å². The van der Waals surface area contributed by atoms with Crippen LogP contribution in [0.25, 0.3) is 6.08 Å². The lowest BCUT2D eigenvalue weighted by atomic mass is 10.1. The van der Waals surface area contributed by atoms with E-state index in [1.807, 2.05) is 30.6 Å². The van der Waals surface area contributed by atoms with E-state index >= 15 is 0 Å². The van der Waals surface area contributed by atoms with Gasteiger partial charge in [-0.1, -0.05) is 24.3 Å². The Labute approximate surface area is 88.3 Å². The van der Waals surface area contributed by atoms with Crippen molar-refractivity contribution in [2.24, 2.45) is 0 Å². The molecule has 77 valence electrons. The van der Waals surface area contributed by atoms with Crippen LogP contribution < -0.4 is 9.47 Å². The lowest BCUT2D eigenvalue weighted by Gasteiger charge is -2.19. The molecule has 1 aliphatic heterocycles. The Hall–Kier alpha value is -1.77. The van der Waals surface area contributed by atoms with Crippen molar-refractivity contribution in [1.82, 2.24) is 0 Å². The smallest absolute Gasteiger partial charge is 0.202 e. The van der Waals surface area contributed by atoms with Gasteiger partial charge in [-0.25, -0.2) is 0 Å². The minimum absolute atomic E-state index is 0.296. The number of benzene rings is 1. The highest BCUT2D eigenvalue weighted by molar-refractivity contribution is 5.65. The number of ether oxygens (including phenoxy) is 2. The molecule has 1 aliphatic rings. The summed E-state index contributed by atoms with van der Waals surface area (Å²) < 4.78 is 10.9. The van der Waals surface area contributed by atoms with Crippen molar-refractivity contribution < 1.29 is 14.3 Å². The Bertz CT molecular complexity index is 382. The van der Waals surface area contributed by atoms with Crippen LogP contribution >= 0.6 is 0 Å². The van der Waals surface area contributed by atoms with E-state index in [1.54, 1.807) is 6.08 Å². The van der Waals surface area contributed by atoms with Crippen LogP contribution in [-0.4, -0.2) is 19.5 Å². The van der Waals surface area contributed by atoms with E-state index in [0.29, 0.717) is 19.6 Å². The van der Waals surface area contributed by atoms with Gasteiger partial charge in [-0.15, -0.1) is 0 Å². The number of allylic oxidation sites excluding steroid dienone is 1. The fourth-order valence-corrected chi connectivity index (χ4v) is 1.46. The Morgan fingerprint density at radius 2 is 2.20 bits per heavy atom. The molecule has 0 unspecified atom stereocenters. The molecule has 0 bridgehead atoms. The van der Waals surface area contributed by atoms with E-state index < -0.39 is 0 Å². The molecule has 0 saturated carbocycles. The number of rotatable bonds is 3. The van der Waals surface area contributed by atoms with Gasteiger partial charge < -0.3 is 9.47 Å². The van der Waals surface area contributed by atoms with Gasteiger partial charge in [0, 0.05) is 12.0 Å². The maximum absolute atomic E-state index is 10.1. The van der Waals surface area contributed by atoms with E-state index in [1.165, 1.54) is 0 Å². The fraction of sp³-hybridized carbons (Fsp3) is 0.250. The second-order valence-electron chi connectivity index (χ2n) is 3.12. The van der Waals surface area contributed by atoms with Crippen molar-refractivity contribution in [1.29, 1.82) is 0 Å². The second-order valence-corrected chi connectivity index (χ2v) is 3.12. The van der Waals surface area contributed by atoms with Crippen molar-refractivity contribution in [3.05, 3.63) is 29.8 Å². The van der Waals surface area contributed by atoms with Crippen molar-refractivity contribution in [2.45, 2.75) is 6.42 Å². The maximum Gasteiger partial charge on any atom is 0.202 e. The van der Waals surface area contributed by atoms with Gasteiger partial charge in [0.05, 0.1) is 0 Å². The van der Waals surface area contributed by atoms with Crippen LogP contribution in [0.5, 0.6) is 11.5 Å². The second kappa shape index (κ2) is 4.64. The highest BCUT2D eigenvalue weighted by atomic mass is 16.6. The molecule has 3 nitrogen and oxygen atoms in total. The summed E-state index contributed by atoms with van der Waals surface area (Å²) in [6.07, 6.45) is 5.70. The number of hydrogen-bond acceptors (Lipinski definition) is 3. The maximum atomic E-state index is 10.1. The fourth-order valence-electron chi connectivity index (χ4n) is 1.46. The van der Waals surface area contributed by atoms with Gasteiger partial charge in [0.2, 0.25) is 6.29 Å². The Kier molecular flexibility index (Phi) is 3.02. The molecular weight excluding hydrogens is 192 g/mol. The third kappa shape index (κ3) is 2.18. The van der Waals surface area contributed by atoms with Gasteiger partial charge in [-0.3, -0.25) is 4.79 Å². The van der Waals surface area contributed by atoms with E-state index in [0.717, 1.165) is 17.1 Å². The van der Waals surface area contributed by atoms with Gasteiger partial charge in [-0.2, -0.15) is 0 Å². The normalized spacial score (nSPS) is 14.1. The number of carbonyl (C=O) groups excluding carboxylic acids is 1. The lowest BCUT2D eigenvalue weighted by molar-refractivity contribution is 0.171. The first-order valence-electron chi connectivity index (χ1n) is 4.82. The summed E-state index contributed by atoms with van der Waals surface area (Å²) in [5.74, 6) is 1.52. The van der Waals surface area contributed by atoms with Crippen molar-refractivity contribution in [2.75, 3.05) is 13.2 Å². The predicted molar refractivity (Wildman–Crippen MR) is 56.8 cm³/mol. The topological polar surface area (TPSA) is 35.5 Å². The molecule has 1 radical (unpaired) electrons. The summed E-state index contributed by atoms with van der Waals surface area (Å²) in [6, 6.07) is 5.70. The number of fused-ring (bicyclic) bond motifs is 1. The molecule has 1 heterocycles. The zero-order chi connectivity index (χ0) is 10.5. The van der Waals surface area contributed by atoms with Crippen molar-refractivity contribution >= 4 is 12.4 Å². The van der Waals surface area contributed by atoms with E-state index in [2.05, 4.69) is 0 Å². The SMILES string of the molecule is O=[C]CC=Cc1cccc2c1OCCO2. The van der Waals surface area contributed by atoms with Gasteiger partial charge in [0.25, 0.3) is 0 Å². The van der Waals surface area contributed by atoms with Crippen LogP contribution in [0.1, 0.15) is 12.0 Å². The van der Waals surface area contributed by atoms with E-state index in [9.17, 15) is 4.79 Å². The minimum Gasteiger partial charge on any atom is -0.486 e. The van der Waals surface area contributed by atoms with Gasteiger partial charge in [0.1, 0.15) is 13.2 Å². The summed E-state index contributed by atoms with van der Waals surface area (Å²) >= 11 is 0. The molecule has 0 spiro atoms. The standard InChI is InChI=1S/C12H11O3/c13-7-2-1-4-10-5-3-6-11-12(10)15-9-8-14-11/h1,3-6H,2,8-9H2. The Balaban J connectivity index is 2.26. The number of para-hydroxylation sites is 1. The highest BCUT2D eigenvalue weighted by Gasteiger charge is 2.13. The van der Waals surface area contributed by atoms with E-state index in [4.69, 9.17) is 9.47 Å². The third-order valence-electron chi connectivity index (χ3n) is 2.10. The zero-order valence-corrected chi connectivity index (χ0v) is 8.23. The molecule has 1 aromatic carbocycles. The van der Waals surface area contributed by atoms with Gasteiger partial charge >= 0.3 is 0 Å². The largest absolute Gasteiger partial charge is 0.486 e. The first-order valence-corrected chi connectivity index (χ1v) is 4.82. The third-order valence-corrected chi connectivity index (χ3v) is 2.10.